The lowest BCUT2D eigenvalue weighted by Crippen LogP contribution is -2.55. The minimum atomic E-state index is 0.0605. The third-order valence-electron chi connectivity index (χ3n) is 2.69. The quantitative estimate of drug-likeness (QED) is 0.617. The maximum absolute atomic E-state index is 12.0. The van der Waals surface area contributed by atoms with Gasteiger partial charge >= 0.3 is 0 Å². The molecule has 0 aliphatic carbocycles. The van der Waals surface area contributed by atoms with Crippen molar-refractivity contribution in [3.8, 4) is 0 Å². The average molecular weight is 215 g/mol. The van der Waals surface area contributed by atoms with Crippen molar-refractivity contribution >= 4 is 17.7 Å². The fourth-order valence-electron chi connectivity index (χ4n) is 1.91. The summed E-state index contributed by atoms with van der Waals surface area (Å²) in [6.07, 6.45) is 0. The van der Waals surface area contributed by atoms with E-state index in [9.17, 15) is 4.79 Å². The first-order chi connectivity index (χ1) is 6.77. The molecule has 2 rings (SSSR count). The van der Waals surface area contributed by atoms with Crippen LogP contribution >= 0.6 is 11.8 Å². The third-order valence-corrected chi connectivity index (χ3v) is 3.63. The molecule has 0 radical (unpaired) electrons. The molecule has 2 fully saturated rings. The van der Waals surface area contributed by atoms with E-state index in [2.05, 4.69) is 17.6 Å². The Hall–Kier alpha value is -0.260. The van der Waals surface area contributed by atoms with Crippen LogP contribution in [0.4, 0.5) is 0 Å². The van der Waals surface area contributed by atoms with Crippen LogP contribution in [0.3, 0.4) is 0 Å². The first-order valence-corrected chi connectivity index (χ1v) is 6.26. The molecule has 2 N–H and O–H groups in total. The Morgan fingerprint density at radius 2 is 2.36 bits per heavy atom. The maximum atomic E-state index is 12.0. The number of carbonyl (C=O) groups is 1. The molecule has 2 atom stereocenters. The van der Waals surface area contributed by atoms with E-state index in [1.807, 2.05) is 4.90 Å². The van der Waals surface area contributed by atoms with Crippen LogP contribution < -0.4 is 10.6 Å². The highest BCUT2D eigenvalue weighted by Crippen LogP contribution is 2.12. The van der Waals surface area contributed by atoms with Crippen molar-refractivity contribution in [2.45, 2.75) is 19.0 Å². The van der Waals surface area contributed by atoms with Crippen LogP contribution in [0.5, 0.6) is 0 Å². The summed E-state index contributed by atoms with van der Waals surface area (Å²) < 4.78 is 0. The second kappa shape index (κ2) is 4.51. The minimum Gasteiger partial charge on any atom is -0.338 e. The van der Waals surface area contributed by atoms with Gasteiger partial charge in [-0.05, 0) is 6.92 Å². The number of nitrogens with one attached hydrogen (secondary N) is 2. The molecule has 2 aliphatic heterocycles. The molecule has 0 bridgehead atoms. The van der Waals surface area contributed by atoms with Gasteiger partial charge in [0.1, 0.15) is 0 Å². The van der Waals surface area contributed by atoms with Gasteiger partial charge in [0.05, 0.1) is 6.04 Å². The van der Waals surface area contributed by atoms with Gasteiger partial charge < -0.3 is 10.2 Å². The predicted molar refractivity (Wildman–Crippen MR) is 58.3 cm³/mol. The van der Waals surface area contributed by atoms with Crippen molar-refractivity contribution in [3.63, 3.8) is 0 Å². The third kappa shape index (κ3) is 2.21. The zero-order valence-electron chi connectivity index (χ0n) is 8.45. The van der Waals surface area contributed by atoms with Gasteiger partial charge in [0.15, 0.2) is 0 Å². The monoisotopic (exact) mass is 215 g/mol. The van der Waals surface area contributed by atoms with Gasteiger partial charge in [-0.15, -0.1) is 11.8 Å². The lowest BCUT2D eigenvalue weighted by atomic mass is 10.2. The Labute approximate surface area is 88.8 Å². The van der Waals surface area contributed by atoms with Crippen molar-refractivity contribution in [1.82, 2.24) is 15.5 Å². The van der Waals surface area contributed by atoms with E-state index >= 15 is 0 Å². The molecule has 2 saturated heterocycles. The predicted octanol–water partition coefficient (Wildman–Crippen LogP) is -0.531. The number of nitrogens with zero attached hydrogens (tertiary/aromatic N) is 1. The zero-order valence-corrected chi connectivity index (χ0v) is 9.27. The Balaban J connectivity index is 1.89. The molecule has 0 saturated carbocycles. The Kier molecular flexibility index (Phi) is 3.30. The highest BCUT2D eigenvalue weighted by Gasteiger charge is 2.29. The van der Waals surface area contributed by atoms with Crippen LogP contribution in [0.25, 0.3) is 0 Å². The summed E-state index contributed by atoms with van der Waals surface area (Å²) in [7, 11) is 0. The molecule has 0 spiro atoms. The summed E-state index contributed by atoms with van der Waals surface area (Å²) in [5, 5.41) is 6.56. The van der Waals surface area contributed by atoms with Gasteiger partial charge in [-0.3, -0.25) is 10.1 Å². The van der Waals surface area contributed by atoms with Crippen molar-refractivity contribution in [2.75, 3.05) is 31.3 Å². The zero-order chi connectivity index (χ0) is 9.97. The molecule has 2 heterocycles. The number of hydrogen-bond donors (Lipinski definition) is 2. The fraction of sp³-hybridized carbons (Fsp3) is 0.889. The van der Waals surface area contributed by atoms with E-state index in [-0.39, 0.29) is 11.9 Å². The smallest absolute Gasteiger partial charge is 0.240 e. The number of amides is 1. The van der Waals surface area contributed by atoms with E-state index in [4.69, 9.17) is 0 Å². The standard InChI is InChI=1S/C9H17N3OS/c1-7-4-12(3-2-10-7)9(13)8-5-14-6-11-8/h7-8,10-11H,2-6H2,1H3/t7-,8?/m0/s1. The topological polar surface area (TPSA) is 44.4 Å². The lowest BCUT2D eigenvalue weighted by Gasteiger charge is -2.33. The molecule has 1 amide bonds. The summed E-state index contributed by atoms with van der Waals surface area (Å²) in [5.74, 6) is 2.12. The number of rotatable bonds is 1. The Bertz CT molecular complexity index is 218. The molecule has 5 heteroatoms. The molecule has 80 valence electrons. The van der Waals surface area contributed by atoms with Crippen LogP contribution in [-0.4, -0.2) is 54.2 Å². The van der Waals surface area contributed by atoms with Crippen molar-refractivity contribution in [3.05, 3.63) is 0 Å². The summed E-state index contributed by atoms with van der Waals surface area (Å²) >= 11 is 1.80. The largest absolute Gasteiger partial charge is 0.338 e. The SMILES string of the molecule is C[C@H]1CN(C(=O)C2CSCN2)CCN1. The molecule has 14 heavy (non-hydrogen) atoms. The second-order valence-corrected chi connectivity index (χ2v) is 4.94. The Morgan fingerprint density at radius 1 is 1.50 bits per heavy atom. The Morgan fingerprint density at radius 3 is 3.00 bits per heavy atom. The van der Waals surface area contributed by atoms with E-state index in [1.165, 1.54) is 0 Å². The first-order valence-electron chi connectivity index (χ1n) is 5.10. The van der Waals surface area contributed by atoms with Gasteiger partial charge in [-0.1, -0.05) is 0 Å². The molecule has 1 unspecified atom stereocenters. The molecule has 0 aromatic rings. The van der Waals surface area contributed by atoms with Crippen molar-refractivity contribution in [1.29, 1.82) is 0 Å². The van der Waals surface area contributed by atoms with Gasteiger partial charge in [0.25, 0.3) is 0 Å². The fourth-order valence-corrected chi connectivity index (χ4v) is 2.84. The molecule has 0 aromatic carbocycles. The number of hydrogen-bond acceptors (Lipinski definition) is 4. The molecule has 2 aliphatic rings. The van der Waals surface area contributed by atoms with E-state index in [1.54, 1.807) is 11.8 Å². The van der Waals surface area contributed by atoms with Crippen LogP contribution in [0, 0.1) is 0 Å². The van der Waals surface area contributed by atoms with Gasteiger partial charge in [0.2, 0.25) is 5.91 Å². The van der Waals surface area contributed by atoms with Crippen LogP contribution in [-0.2, 0) is 4.79 Å². The highest BCUT2D eigenvalue weighted by molar-refractivity contribution is 7.99. The second-order valence-electron chi connectivity index (χ2n) is 3.91. The summed E-state index contributed by atoms with van der Waals surface area (Å²) in [4.78, 5) is 13.9. The summed E-state index contributed by atoms with van der Waals surface area (Å²) in [5.41, 5.74) is 0. The van der Waals surface area contributed by atoms with E-state index in [0.717, 1.165) is 31.3 Å². The van der Waals surface area contributed by atoms with Gasteiger partial charge in [-0.25, -0.2) is 0 Å². The van der Waals surface area contributed by atoms with E-state index in [0.29, 0.717) is 6.04 Å². The average Bonchev–Trinajstić information content (AvgIpc) is 2.69. The molecule has 0 aromatic heterocycles. The maximum Gasteiger partial charge on any atom is 0.240 e. The van der Waals surface area contributed by atoms with Crippen LogP contribution in [0.15, 0.2) is 0 Å². The van der Waals surface area contributed by atoms with Crippen molar-refractivity contribution in [2.24, 2.45) is 0 Å². The van der Waals surface area contributed by atoms with E-state index < -0.39 is 0 Å². The van der Waals surface area contributed by atoms with Crippen molar-refractivity contribution < 1.29 is 4.79 Å². The minimum absolute atomic E-state index is 0.0605. The number of piperazine rings is 1. The normalized spacial score (nSPS) is 33.4. The highest BCUT2D eigenvalue weighted by atomic mass is 32.2. The molecular formula is C9H17N3OS. The molecular weight excluding hydrogens is 198 g/mol. The molecule has 4 nitrogen and oxygen atoms in total. The summed E-state index contributed by atoms with van der Waals surface area (Å²) in [6.45, 7) is 4.75. The summed E-state index contributed by atoms with van der Waals surface area (Å²) in [6, 6.07) is 0.493. The lowest BCUT2D eigenvalue weighted by molar-refractivity contribution is -0.133. The number of carbonyl (C=O) groups excluding carboxylic acids is 1. The first kappa shape index (κ1) is 10.3. The van der Waals surface area contributed by atoms with Crippen LogP contribution in [0.2, 0.25) is 0 Å². The van der Waals surface area contributed by atoms with Gasteiger partial charge in [0, 0.05) is 37.3 Å². The van der Waals surface area contributed by atoms with Gasteiger partial charge in [-0.2, -0.15) is 0 Å². The number of thioether (sulfide) groups is 1. The van der Waals surface area contributed by atoms with Crippen LogP contribution in [0.1, 0.15) is 6.92 Å².